The molecule has 2 aliphatic rings. The molecule has 3 atom stereocenters. The number of piperidine rings is 1. The van der Waals surface area contributed by atoms with Gasteiger partial charge in [-0.3, -0.25) is 14.5 Å². The summed E-state index contributed by atoms with van der Waals surface area (Å²) in [5.74, 6) is -0.437. The van der Waals surface area contributed by atoms with Gasteiger partial charge in [-0.1, -0.05) is 30.3 Å². The molecule has 4 amide bonds. The first-order valence-electron chi connectivity index (χ1n) is 9.44. The lowest BCUT2D eigenvalue weighted by Crippen LogP contribution is -2.52. The van der Waals surface area contributed by atoms with E-state index in [4.69, 9.17) is 0 Å². The van der Waals surface area contributed by atoms with Crippen molar-refractivity contribution in [3.63, 3.8) is 0 Å². The van der Waals surface area contributed by atoms with Crippen LogP contribution in [0.3, 0.4) is 0 Å². The second-order valence-corrected chi connectivity index (χ2v) is 7.38. The lowest BCUT2D eigenvalue weighted by Gasteiger charge is -2.39. The van der Waals surface area contributed by atoms with Gasteiger partial charge in [0, 0.05) is 12.1 Å². The van der Waals surface area contributed by atoms with E-state index in [0.29, 0.717) is 12.8 Å². The van der Waals surface area contributed by atoms with Crippen molar-refractivity contribution in [2.75, 3.05) is 6.54 Å². The van der Waals surface area contributed by atoms with Crippen molar-refractivity contribution in [3.05, 3.63) is 35.9 Å². The van der Waals surface area contributed by atoms with Crippen LogP contribution in [-0.4, -0.2) is 52.3 Å². The number of likely N-dealkylation sites (tertiary alicyclic amines) is 1. The molecule has 2 saturated heterocycles. The van der Waals surface area contributed by atoms with Gasteiger partial charge in [-0.2, -0.15) is 0 Å². The Morgan fingerprint density at radius 2 is 1.77 bits per heavy atom. The van der Waals surface area contributed by atoms with Gasteiger partial charge in [0.25, 0.3) is 5.91 Å². The summed E-state index contributed by atoms with van der Waals surface area (Å²) in [6, 6.07) is 9.16. The predicted octanol–water partition coefficient (Wildman–Crippen LogP) is 2.33. The Hall–Kier alpha value is -2.37. The molecule has 140 valence electrons. The van der Waals surface area contributed by atoms with Crippen LogP contribution in [0.25, 0.3) is 0 Å². The SMILES string of the molecule is C[C@@H]1CCC[C@H](C)N1C(=O)CN1C(=O)N[C@@H](CCc2ccccc2)C1=O. The van der Waals surface area contributed by atoms with Gasteiger partial charge in [0.05, 0.1) is 0 Å². The Kier molecular flexibility index (Phi) is 5.59. The summed E-state index contributed by atoms with van der Waals surface area (Å²) in [6.07, 6.45) is 4.29. The van der Waals surface area contributed by atoms with Crippen molar-refractivity contribution >= 4 is 17.8 Å². The summed E-state index contributed by atoms with van der Waals surface area (Å²) in [5.41, 5.74) is 1.13. The predicted molar refractivity (Wildman–Crippen MR) is 98.4 cm³/mol. The lowest BCUT2D eigenvalue weighted by molar-refractivity contribution is -0.141. The van der Waals surface area contributed by atoms with E-state index in [-0.39, 0.29) is 30.4 Å². The summed E-state index contributed by atoms with van der Waals surface area (Å²) < 4.78 is 0. The molecular formula is C20H27N3O3. The van der Waals surface area contributed by atoms with Gasteiger partial charge in [-0.25, -0.2) is 4.79 Å². The number of urea groups is 1. The summed E-state index contributed by atoms with van der Waals surface area (Å²) in [7, 11) is 0. The summed E-state index contributed by atoms with van der Waals surface area (Å²) in [6.45, 7) is 3.89. The van der Waals surface area contributed by atoms with Crippen LogP contribution in [-0.2, 0) is 16.0 Å². The number of hydrogen-bond donors (Lipinski definition) is 1. The molecular weight excluding hydrogens is 330 g/mol. The van der Waals surface area contributed by atoms with Crippen LogP contribution < -0.4 is 5.32 Å². The minimum atomic E-state index is -0.549. The maximum absolute atomic E-state index is 12.7. The summed E-state index contributed by atoms with van der Waals surface area (Å²) in [4.78, 5) is 40.4. The van der Waals surface area contributed by atoms with Crippen LogP contribution >= 0.6 is 0 Å². The number of hydrogen-bond acceptors (Lipinski definition) is 3. The molecule has 0 spiro atoms. The molecule has 0 unspecified atom stereocenters. The van der Waals surface area contributed by atoms with E-state index in [1.807, 2.05) is 49.1 Å². The first-order chi connectivity index (χ1) is 12.5. The number of carbonyl (C=O) groups excluding carboxylic acids is 3. The molecule has 0 aromatic heterocycles. The molecule has 0 aliphatic carbocycles. The first kappa shape index (κ1) is 18.4. The molecule has 26 heavy (non-hydrogen) atoms. The molecule has 0 radical (unpaired) electrons. The maximum Gasteiger partial charge on any atom is 0.325 e. The number of benzene rings is 1. The van der Waals surface area contributed by atoms with Crippen LogP contribution in [0.4, 0.5) is 4.79 Å². The van der Waals surface area contributed by atoms with E-state index in [0.717, 1.165) is 29.7 Å². The maximum atomic E-state index is 12.7. The zero-order valence-corrected chi connectivity index (χ0v) is 15.5. The number of rotatable bonds is 5. The average Bonchev–Trinajstić information content (AvgIpc) is 2.88. The zero-order chi connectivity index (χ0) is 18.7. The normalized spacial score (nSPS) is 26.2. The van der Waals surface area contributed by atoms with Crippen LogP contribution in [0.15, 0.2) is 30.3 Å². The third-order valence-corrected chi connectivity index (χ3v) is 5.45. The Morgan fingerprint density at radius 3 is 2.42 bits per heavy atom. The molecule has 3 rings (SSSR count). The smallest absolute Gasteiger partial charge is 0.325 e. The van der Waals surface area contributed by atoms with Crippen molar-refractivity contribution < 1.29 is 14.4 Å². The lowest BCUT2D eigenvalue weighted by atomic mass is 9.97. The second-order valence-electron chi connectivity index (χ2n) is 7.38. The Bertz CT molecular complexity index is 666. The van der Waals surface area contributed by atoms with Gasteiger partial charge in [0.2, 0.25) is 5.91 Å². The van der Waals surface area contributed by atoms with Gasteiger partial charge < -0.3 is 10.2 Å². The van der Waals surface area contributed by atoms with Gasteiger partial charge in [-0.05, 0) is 51.5 Å². The molecule has 2 aliphatic heterocycles. The topological polar surface area (TPSA) is 69.7 Å². The fourth-order valence-corrected chi connectivity index (χ4v) is 4.01. The average molecular weight is 357 g/mol. The molecule has 1 aromatic carbocycles. The number of nitrogens with zero attached hydrogens (tertiary/aromatic N) is 2. The summed E-state index contributed by atoms with van der Waals surface area (Å²) >= 11 is 0. The summed E-state index contributed by atoms with van der Waals surface area (Å²) in [5, 5.41) is 2.72. The number of nitrogens with one attached hydrogen (secondary N) is 1. The fraction of sp³-hybridized carbons (Fsp3) is 0.550. The number of aryl methyl sites for hydroxylation is 1. The number of amides is 4. The zero-order valence-electron chi connectivity index (χ0n) is 15.5. The largest absolute Gasteiger partial charge is 0.336 e. The third kappa shape index (κ3) is 3.89. The van der Waals surface area contributed by atoms with E-state index in [2.05, 4.69) is 5.32 Å². The molecule has 1 N–H and O–H groups in total. The van der Waals surface area contributed by atoms with E-state index in [1.165, 1.54) is 0 Å². The molecule has 2 fully saturated rings. The van der Waals surface area contributed by atoms with E-state index in [9.17, 15) is 14.4 Å². The molecule has 6 nitrogen and oxygen atoms in total. The highest BCUT2D eigenvalue weighted by molar-refractivity contribution is 6.06. The van der Waals surface area contributed by atoms with Crippen molar-refractivity contribution in [2.24, 2.45) is 0 Å². The number of carbonyl (C=O) groups is 3. The Labute approximate surface area is 154 Å². The van der Waals surface area contributed by atoms with Gasteiger partial charge in [-0.15, -0.1) is 0 Å². The highest BCUT2D eigenvalue weighted by Crippen LogP contribution is 2.23. The Morgan fingerprint density at radius 1 is 1.12 bits per heavy atom. The van der Waals surface area contributed by atoms with E-state index in [1.54, 1.807) is 0 Å². The van der Waals surface area contributed by atoms with Crippen molar-refractivity contribution in [3.8, 4) is 0 Å². The Balaban J connectivity index is 1.59. The first-order valence-corrected chi connectivity index (χ1v) is 9.44. The monoisotopic (exact) mass is 357 g/mol. The van der Waals surface area contributed by atoms with Crippen LogP contribution in [0.5, 0.6) is 0 Å². The van der Waals surface area contributed by atoms with Gasteiger partial charge >= 0.3 is 6.03 Å². The molecule has 0 bridgehead atoms. The van der Waals surface area contributed by atoms with Crippen LogP contribution in [0.1, 0.15) is 45.1 Å². The highest BCUT2D eigenvalue weighted by Gasteiger charge is 2.40. The molecule has 2 heterocycles. The van der Waals surface area contributed by atoms with Gasteiger partial charge in [0.1, 0.15) is 12.6 Å². The van der Waals surface area contributed by atoms with Crippen LogP contribution in [0.2, 0.25) is 0 Å². The van der Waals surface area contributed by atoms with Gasteiger partial charge in [0.15, 0.2) is 0 Å². The third-order valence-electron chi connectivity index (χ3n) is 5.45. The minimum absolute atomic E-state index is 0.142. The fourth-order valence-electron chi connectivity index (χ4n) is 4.01. The highest BCUT2D eigenvalue weighted by atomic mass is 16.2. The quantitative estimate of drug-likeness (QED) is 0.822. The van der Waals surface area contributed by atoms with Crippen LogP contribution in [0, 0.1) is 0 Å². The molecule has 6 heteroatoms. The standard InChI is InChI=1S/C20H27N3O3/c1-14-7-6-8-15(2)23(14)18(24)13-22-19(25)17(21-20(22)26)12-11-16-9-4-3-5-10-16/h3-5,9-10,14-15,17H,6-8,11-13H2,1-2H3,(H,21,26)/t14-,15+,17-/m0/s1. The second kappa shape index (κ2) is 7.89. The minimum Gasteiger partial charge on any atom is -0.336 e. The molecule has 1 aromatic rings. The van der Waals surface area contributed by atoms with E-state index < -0.39 is 12.1 Å². The number of imide groups is 1. The van der Waals surface area contributed by atoms with Crippen molar-refractivity contribution in [2.45, 2.75) is 64.1 Å². The van der Waals surface area contributed by atoms with E-state index >= 15 is 0 Å². The molecule has 0 saturated carbocycles. The van der Waals surface area contributed by atoms with Crippen molar-refractivity contribution in [1.29, 1.82) is 0 Å². The van der Waals surface area contributed by atoms with Crippen molar-refractivity contribution in [1.82, 2.24) is 15.1 Å².